The van der Waals surface area contributed by atoms with Crippen molar-refractivity contribution in [1.82, 2.24) is 39.0 Å². The topological polar surface area (TPSA) is 269 Å². The summed E-state index contributed by atoms with van der Waals surface area (Å²) in [4.78, 5) is 49.2. The van der Waals surface area contributed by atoms with E-state index in [9.17, 15) is 0 Å². The molecule has 0 amide bonds. The minimum Gasteiger partial charge on any atom is -0.397 e. The molecule has 0 saturated carbocycles. The number of rotatable bonds is 6. The van der Waals surface area contributed by atoms with Crippen LogP contribution in [0.1, 0.15) is 11.1 Å². The van der Waals surface area contributed by atoms with Gasteiger partial charge in [-0.05, 0) is 11.1 Å². The number of benzene rings is 2. The number of aromatic nitrogens is 8. The molecule has 0 radical (unpaired) electrons. The van der Waals surface area contributed by atoms with Crippen LogP contribution in [-0.4, -0.2) is 63.4 Å². The van der Waals surface area contributed by atoms with Crippen molar-refractivity contribution in [3.05, 3.63) is 139 Å². The van der Waals surface area contributed by atoms with E-state index in [-0.39, 0.29) is 44.8 Å². The van der Waals surface area contributed by atoms with Crippen LogP contribution in [-0.2, 0) is 67.5 Å². The van der Waals surface area contributed by atoms with Gasteiger partial charge in [0.1, 0.15) is 14.2 Å². The Balaban J connectivity index is 0.000000380. The molecule has 6 rings (SSSR count). The Kier molecular flexibility index (Phi) is 18.1. The summed E-state index contributed by atoms with van der Waals surface area (Å²) in [5.41, 5.74) is 6.47. The fourth-order valence-corrected chi connectivity index (χ4v) is 3.92. The summed E-state index contributed by atoms with van der Waals surface area (Å²) in [5.74, 6) is 0. The third-order valence-corrected chi connectivity index (χ3v) is 5.60. The van der Waals surface area contributed by atoms with Crippen molar-refractivity contribution in [2.45, 2.75) is 13.1 Å². The maximum Gasteiger partial charge on any atom is 1.00 e. The predicted molar refractivity (Wildman–Crippen MR) is 161 cm³/mol. The second-order valence-corrected chi connectivity index (χ2v) is 8.56. The Morgan fingerprint density at radius 2 is 0.979 bits per heavy atom. The molecular weight excluding hydrogens is 824 g/mol. The van der Waals surface area contributed by atoms with Crippen LogP contribution in [0.3, 0.4) is 0 Å². The summed E-state index contributed by atoms with van der Waals surface area (Å²) >= 11 is 0. The summed E-state index contributed by atoms with van der Waals surface area (Å²) in [6.07, 6.45) is 6.69. The molecule has 48 heavy (non-hydrogen) atoms. The first-order valence-corrected chi connectivity index (χ1v) is 12.9. The van der Waals surface area contributed by atoms with E-state index in [4.69, 9.17) is 40.3 Å². The molecule has 0 spiro atoms. The third-order valence-electron chi connectivity index (χ3n) is 5.60. The Bertz CT molecular complexity index is 1830. The summed E-state index contributed by atoms with van der Waals surface area (Å²) in [6.45, 7) is 1.45. The molecule has 0 aliphatic heterocycles. The summed E-state index contributed by atoms with van der Waals surface area (Å²) < 4.78 is 3.96. The minimum atomic E-state index is -1.75. The average Bonchev–Trinajstić information content (AvgIpc) is 3.64. The molecule has 6 aromatic rings. The first-order valence-electron chi connectivity index (χ1n) is 12.9. The zero-order chi connectivity index (χ0) is 33.3. The number of aromatic amines is 2. The molecule has 0 aliphatic rings. The van der Waals surface area contributed by atoms with Gasteiger partial charge >= 0.3 is 44.8 Å². The van der Waals surface area contributed by atoms with Gasteiger partial charge in [-0.25, -0.2) is 19.9 Å². The molecule has 20 nitrogen and oxygen atoms in total. The molecule has 22 heteroatoms. The standard InChI is InChI=1S/2C13H13N5O.2Ag.2NO3/c2*1-19-17-12-11-13(15-8-14-12)18(9-16-11)7-10-5-3-2-4-6-10;;;2*2-1(3)4/h2*2-6,8-9H,7H2,1H3,(H,14,15,17);;;;/q;;2*+1;2*-1. The molecule has 4 aromatic heterocycles. The van der Waals surface area contributed by atoms with Crippen LogP contribution >= 0.6 is 0 Å². The van der Waals surface area contributed by atoms with Crippen LogP contribution in [0.2, 0.25) is 0 Å². The first-order chi connectivity index (χ1) is 22.2. The van der Waals surface area contributed by atoms with Gasteiger partial charge in [0.05, 0.1) is 48.6 Å². The van der Waals surface area contributed by atoms with Crippen molar-refractivity contribution < 1.29 is 64.6 Å². The van der Waals surface area contributed by atoms with Gasteiger partial charge in [-0.15, -0.1) is 0 Å². The number of hydrogen-bond acceptors (Lipinski definition) is 14. The zero-order valence-corrected chi connectivity index (χ0v) is 27.8. The molecule has 0 bridgehead atoms. The molecule has 0 saturated heterocycles. The number of hydrogen-bond donors (Lipinski definition) is 2. The minimum absolute atomic E-state index is 0. The average molecular weight is 850 g/mol. The van der Waals surface area contributed by atoms with Crippen molar-refractivity contribution in [3.8, 4) is 0 Å². The monoisotopic (exact) mass is 848 g/mol. The van der Waals surface area contributed by atoms with Gasteiger partial charge in [0.25, 0.3) is 0 Å². The third kappa shape index (κ3) is 12.8. The summed E-state index contributed by atoms with van der Waals surface area (Å²) in [7, 11) is 3.00. The fourth-order valence-electron chi connectivity index (χ4n) is 3.92. The van der Waals surface area contributed by atoms with Crippen LogP contribution in [0.5, 0.6) is 0 Å². The van der Waals surface area contributed by atoms with E-state index in [1.165, 1.54) is 25.3 Å². The quantitative estimate of drug-likeness (QED) is 0.139. The molecule has 0 fully saturated rings. The Morgan fingerprint density at radius 1 is 0.646 bits per heavy atom. The van der Waals surface area contributed by atoms with Crippen molar-refractivity contribution in [1.29, 1.82) is 0 Å². The summed E-state index contributed by atoms with van der Waals surface area (Å²) in [5, 5.41) is 37.3. The number of nitrogens with zero attached hydrogens (tertiary/aromatic N) is 10. The Morgan fingerprint density at radius 3 is 1.29 bits per heavy atom. The normalized spacial score (nSPS) is 10.5. The number of imidazole rings is 2. The van der Waals surface area contributed by atoms with Crippen molar-refractivity contribution in [2.75, 3.05) is 14.2 Å². The molecule has 0 atom stereocenters. The number of nitrogens with one attached hydrogen (secondary N) is 2. The Labute approximate surface area is 301 Å². The Hall–Kier alpha value is -5.38. The molecule has 4 heterocycles. The van der Waals surface area contributed by atoms with Gasteiger partial charge in [0.2, 0.25) is 11.0 Å². The van der Waals surface area contributed by atoms with E-state index < -0.39 is 10.2 Å². The molecule has 2 N–H and O–H groups in total. The van der Waals surface area contributed by atoms with Gasteiger partial charge in [0.15, 0.2) is 22.3 Å². The molecule has 260 valence electrons. The second-order valence-electron chi connectivity index (χ2n) is 8.56. The van der Waals surface area contributed by atoms with E-state index in [2.05, 4.69) is 64.5 Å². The van der Waals surface area contributed by atoms with E-state index >= 15 is 0 Å². The molecule has 0 unspecified atom stereocenters. The fraction of sp³-hybridized carbons (Fsp3) is 0.154. The predicted octanol–water partition coefficient (Wildman–Crippen LogP) is 2.06. The smallest absolute Gasteiger partial charge is 0.397 e. The number of H-pyrrole nitrogens is 2. The van der Waals surface area contributed by atoms with Crippen LogP contribution in [0.15, 0.2) is 96.3 Å². The van der Waals surface area contributed by atoms with Crippen molar-refractivity contribution >= 4 is 22.3 Å². The van der Waals surface area contributed by atoms with Gasteiger partial charge in [-0.3, -0.25) is 0 Å². The maximum atomic E-state index is 8.25. The van der Waals surface area contributed by atoms with E-state index in [1.807, 2.05) is 45.5 Å². The van der Waals surface area contributed by atoms with Crippen molar-refractivity contribution in [2.24, 2.45) is 10.3 Å². The van der Waals surface area contributed by atoms with Gasteiger partial charge in [-0.1, -0.05) is 71.0 Å². The van der Waals surface area contributed by atoms with Crippen molar-refractivity contribution in [3.63, 3.8) is 0 Å². The van der Waals surface area contributed by atoms with Crippen LogP contribution in [0.25, 0.3) is 22.3 Å². The van der Waals surface area contributed by atoms with E-state index in [0.717, 1.165) is 24.4 Å². The second kappa shape index (κ2) is 21.4. The maximum absolute atomic E-state index is 8.25. The molecule has 2 aromatic carbocycles. The first kappa shape index (κ1) is 40.6. The van der Waals surface area contributed by atoms with Gasteiger partial charge in [-0.2, -0.15) is 0 Å². The van der Waals surface area contributed by atoms with Gasteiger partial charge < -0.3 is 59.4 Å². The van der Waals surface area contributed by atoms with E-state index in [1.54, 1.807) is 25.3 Å². The summed E-state index contributed by atoms with van der Waals surface area (Å²) in [6, 6.07) is 20.3. The van der Waals surface area contributed by atoms with Gasteiger partial charge in [0, 0.05) is 0 Å². The van der Waals surface area contributed by atoms with E-state index in [0.29, 0.717) is 22.0 Å². The molecular formula is C26H26Ag2N12O8. The largest absolute Gasteiger partial charge is 1.00 e. The zero-order valence-electron chi connectivity index (χ0n) is 24.8. The molecule has 0 aliphatic carbocycles. The van der Waals surface area contributed by atoms with Crippen LogP contribution in [0.4, 0.5) is 0 Å². The number of fused-ring (bicyclic) bond motifs is 2. The van der Waals surface area contributed by atoms with Crippen LogP contribution in [0, 0.1) is 30.6 Å². The SMILES string of the molecule is CO/N=c1\[nH]cnc2c1ncn2Cc1ccccc1.CO/N=c1\[nH]cnc2c1ncn2Cc1ccccc1.O=[N+]([O-])[O-].O=[N+]([O-])[O-].[Ag+].[Ag+]. The van der Waals surface area contributed by atoms with Crippen LogP contribution < -0.4 is 11.0 Å².